The van der Waals surface area contributed by atoms with E-state index in [-0.39, 0.29) is 11.5 Å². The van der Waals surface area contributed by atoms with Gasteiger partial charge in [-0.1, -0.05) is 20.3 Å². The summed E-state index contributed by atoms with van der Waals surface area (Å²) >= 11 is 4.57. The third kappa shape index (κ3) is 3.13. The first-order valence-corrected chi connectivity index (χ1v) is 10.6. The Labute approximate surface area is 181 Å². The quantitative estimate of drug-likeness (QED) is 0.331. The third-order valence-electron chi connectivity index (χ3n) is 5.75. The Hall–Kier alpha value is -2.93. The minimum Gasteiger partial charge on any atom is -0.508 e. The number of aromatic amines is 1. The highest BCUT2D eigenvalue weighted by atomic mass is 32.1. The number of H-pyrrole nitrogens is 1. The van der Waals surface area contributed by atoms with Crippen LogP contribution in [0.1, 0.15) is 42.7 Å². The second kappa shape index (κ2) is 7.72. The number of aryl methyl sites for hydroxylation is 4. The predicted octanol–water partition coefficient (Wildman–Crippen LogP) is 5.25. The van der Waals surface area contributed by atoms with E-state index in [1.54, 1.807) is 6.07 Å². The number of nitrogens with one attached hydrogen (secondary N) is 1. The van der Waals surface area contributed by atoms with Crippen LogP contribution in [-0.2, 0) is 12.8 Å². The average Bonchev–Trinajstić information content (AvgIpc) is 3.22. The van der Waals surface area contributed by atoms with Crippen LogP contribution in [0.4, 0.5) is 0 Å². The lowest BCUT2D eigenvalue weighted by molar-refractivity contribution is 0.447. The molecule has 4 aromatic rings. The molecular formula is C23H26N4O2S. The molecule has 156 valence electrons. The molecule has 0 fully saturated rings. The van der Waals surface area contributed by atoms with Crippen molar-refractivity contribution in [3.63, 3.8) is 0 Å². The maximum Gasteiger partial charge on any atom is 0.193 e. The highest BCUT2D eigenvalue weighted by Crippen LogP contribution is 2.38. The Morgan fingerprint density at radius 3 is 2.53 bits per heavy atom. The van der Waals surface area contributed by atoms with E-state index in [1.807, 2.05) is 17.6 Å². The number of hydrogen-bond acceptors (Lipinski definition) is 5. The summed E-state index contributed by atoms with van der Waals surface area (Å²) in [4.78, 5) is 3.46. The number of aromatic nitrogens is 4. The van der Waals surface area contributed by atoms with E-state index in [1.165, 1.54) is 22.6 Å². The summed E-state index contributed by atoms with van der Waals surface area (Å²) in [5.74, 6) is 0.523. The van der Waals surface area contributed by atoms with Gasteiger partial charge in [0, 0.05) is 22.7 Å². The zero-order chi connectivity index (χ0) is 21.6. The van der Waals surface area contributed by atoms with E-state index in [0.29, 0.717) is 23.0 Å². The number of rotatable bonds is 5. The number of aromatic hydroxyl groups is 2. The number of hydrogen-bond donors (Lipinski definition) is 4. The van der Waals surface area contributed by atoms with Gasteiger partial charge in [-0.15, -0.1) is 22.8 Å². The van der Waals surface area contributed by atoms with Crippen LogP contribution >= 0.6 is 12.6 Å². The molecule has 4 rings (SSSR count). The molecule has 30 heavy (non-hydrogen) atoms. The van der Waals surface area contributed by atoms with E-state index in [9.17, 15) is 10.2 Å². The molecule has 0 bridgehead atoms. The molecule has 2 aromatic heterocycles. The summed E-state index contributed by atoms with van der Waals surface area (Å²) in [5.41, 5.74) is 6.88. The van der Waals surface area contributed by atoms with Gasteiger partial charge in [-0.2, -0.15) is 0 Å². The molecule has 7 heteroatoms. The normalized spacial score (nSPS) is 11.5. The van der Waals surface area contributed by atoms with Crippen molar-refractivity contribution in [3.8, 4) is 28.6 Å². The van der Waals surface area contributed by atoms with Gasteiger partial charge in [0.25, 0.3) is 0 Å². The molecule has 6 nitrogen and oxygen atoms in total. The van der Waals surface area contributed by atoms with Crippen LogP contribution in [0.15, 0.2) is 29.4 Å². The highest BCUT2D eigenvalue weighted by molar-refractivity contribution is 7.80. The van der Waals surface area contributed by atoms with Gasteiger partial charge in [0.05, 0.1) is 11.3 Å². The van der Waals surface area contributed by atoms with Crippen LogP contribution < -0.4 is 0 Å². The zero-order valence-electron chi connectivity index (χ0n) is 17.6. The molecule has 0 spiro atoms. The van der Waals surface area contributed by atoms with Gasteiger partial charge in [-0.25, -0.2) is 0 Å². The van der Waals surface area contributed by atoms with Gasteiger partial charge in [-0.3, -0.25) is 4.57 Å². The van der Waals surface area contributed by atoms with Gasteiger partial charge >= 0.3 is 0 Å². The summed E-state index contributed by atoms with van der Waals surface area (Å²) in [5, 5.41) is 30.8. The topological polar surface area (TPSA) is 87.0 Å². The molecule has 0 saturated carbocycles. The summed E-state index contributed by atoms with van der Waals surface area (Å²) < 4.78 is 1.88. The van der Waals surface area contributed by atoms with Gasteiger partial charge in [0.2, 0.25) is 0 Å². The fraction of sp³-hybridized carbons (Fsp3) is 0.304. The molecule has 0 aliphatic heterocycles. The highest BCUT2D eigenvalue weighted by Gasteiger charge is 2.22. The number of nitrogens with zero attached hydrogens (tertiary/aromatic N) is 3. The SMILES string of the molecule is CCCc1c(-n2c(S)nnc2-c2cc(CC)c(O)cc2O)ccc2[nH]c(C)c(C)c12. The summed E-state index contributed by atoms with van der Waals surface area (Å²) in [6.45, 7) is 8.32. The van der Waals surface area contributed by atoms with Crippen molar-refractivity contribution in [1.82, 2.24) is 19.7 Å². The summed E-state index contributed by atoms with van der Waals surface area (Å²) in [6.07, 6.45) is 2.51. The van der Waals surface area contributed by atoms with Crippen LogP contribution in [0.2, 0.25) is 0 Å². The largest absolute Gasteiger partial charge is 0.508 e. The number of phenols is 2. The summed E-state index contributed by atoms with van der Waals surface area (Å²) in [7, 11) is 0. The number of phenolic OH excluding ortho intramolecular Hbond substituents is 2. The fourth-order valence-corrected chi connectivity index (χ4v) is 4.37. The van der Waals surface area contributed by atoms with Gasteiger partial charge in [-0.05, 0) is 61.6 Å². The molecular weight excluding hydrogens is 396 g/mol. The standard InChI is InChI=1S/C23H26N4O2S/c1-5-7-15-18(9-8-17-21(15)12(3)13(4)24-17)27-22(25-26-23(27)30)16-10-14(6-2)19(28)11-20(16)29/h8-11,24,28-29H,5-7H2,1-4H3,(H,26,30). The molecule has 2 aromatic carbocycles. The minimum atomic E-state index is -0.0431. The van der Waals surface area contributed by atoms with Crippen LogP contribution in [0.3, 0.4) is 0 Å². The molecule has 0 radical (unpaired) electrons. The second-order valence-corrected chi connectivity index (χ2v) is 8.02. The molecule has 0 amide bonds. The Balaban J connectivity index is 2.03. The van der Waals surface area contributed by atoms with Crippen molar-refractivity contribution in [3.05, 3.63) is 46.6 Å². The molecule has 0 atom stereocenters. The first-order chi connectivity index (χ1) is 14.4. The molecule has 3 N–H and O–H groups in total. The van der Waals surface area contributed by atoms with E-state index >= 15 is 0 Å². The lowest BCUT2D eigenvalue weighted by atomic mass is 9.99. The van der Waals surface area contributed by atoms with Crippen molar-refractivity contribution in [1.29, 1.82) is 0 Å². The average molecular weight is 423 g/mol. The van der Waals surface area contributed by atoms with Crippen LogP contribution in [0, 0.1) is 13.8 Å². The number of fused-ring (bicyclic) bond motifs is 1. The van der Waals surface area contributed by atoms with E-state index in [2.05, 4.69) is 54.6 Å². The Morgan fingerprint density at radius 2 is 1.83 bits per heavy atom. The third-order valence-corrected chi connectivity index (χ3v) is 6.04. The Morgan fingerprint density at radius 1 is 1.07 bits per heavy atom. The fourth-order valence-electron chi connectivity index (χ4n) is 4.12. The van der Waals surface area contributed by atoms with Crippen LogP contribution in [-0.4, -0.2) is 30.0 Å². The van der Waals surface area contributed by atoms with E-state index in [0.717, 1.165) is 35.3 Å². The van der Waals surface area contributed by atoms with Crippen molar-refractivity contribution >= 4 is 23.5 Å². The van der Waals surface area contributed by atoms with Crippen molar-refractivity contribution < 1.29 is 10.2 Å². The molecule has 2 heterocycles. The van der Waals surface area contributed by atoms with Crippen LogP contribution in [0.5, 0.6) is 11.5 Å². The second-order valence-electron chi connectivity index (χ2n) is 7.62. The van der Waals surface area contributed by atoms with E-state index < -0.39 is 0 Å². The smallest absolute Gasteiger partial charge is 0.193 e. The predicted molar refractivity (Wildman–Crippen MR) is 122 cm³/mol. The van der Waals surface area contributed by atoms with Gasteiger partial charge in [0.1, 0.15) is 11.5 Å². The molecule has 0 saturated heterocycles. The molecule has 0 unspecified atom stereocenters. The van der Waals surface area contributed by atoms with Gasteiger partial charge < -0.3 is 15.2 Å². The summed E-state index contributed by atoms with van der Waals surface area (Å²) in [6, 6.07) is 7.24. The lowest BCUT2D eigenvalue weighted by Gasteiger charge is -2.16. The Bertz CT molecular complexity index is 1260. The first-order valence-electron chi connectivity index (χ1n) is 10.2. The number of benzene rings is 2. The van der Waals surface area contributed by atoms with E-state index in [4.69, 9.17) is 0 Å². The number of thiol groups is 1. The van der Waals surface area contributed by atoms with Crippen molar-refractivity contribution in [2.75, 3.05) is 0 Å². The molecule has 0 aliphatic carbocycles. The molecule has 0 aliphatic rings. The maximum atomic E-state index is 10.6. The maximum absolute atomic E-state index is 10.6. The van der Waals surface area contributed by atoms with Crippen LogP contribution in [0.25, 0.3) is 28.0 Å². The monoisotopic (exact) mass is 422 g/mol. The zero-order valence-corrected chi connectivity index (χ0v) is 18.5. The first kappa shape index (κ1) is 20.3. The Kier molecular flexibility index (Phi) is 5.24. The van der Waals surface area contributed by atoms with Crippen molar-refractivity contribution in [2.24, 2.45) is 0 Å². The minimum absolute atomic E-state index is 0.0431. The van der Waals surface area contributed by atoms with Gasteiger partial charge in [0.15, 0.2) is 11.0 Å². The lowest BCUT2D eigenvalue weighted by Crippen LogP contribution is -2.04. The van der Waals surface area contributed by atoms with Crippen molar-refractivity contribution in [2.45, 2.75) is 52.1 Å².